The molecule has 2 saturated heterocycles. The molecule has 7 nitrogen and oxygen atoms in total. The van der Waals surface area contributed by atoms with Crippen molar-refractivity contribution < 1.29 is 22.7 Å². The Bertz CT molecular complexity index is 881. The van der Waals surface area contributed by atoms with Gasteiger partial charge in [-0.05, 0) is 49.8 Å². The van der Waals surface area contributed by atoms with Gasteiger partial charge in [-0.2, -0.15) is 4.31 Å². The fourth-order valence-electron chi connectivity index (χ4n) is 3.97. The number of carbonyl (C=O) groups excluding carboxylic acids is 2. The lowest BCUT2D eigenvalue weighted by atomic mass is 10.0. The predicted octanol–water partition coefficient (Wildman–Crippen LogP) is 3.32. The maximum absolute atomic E-state index is 13.1. The molecule has 0 N–H and O–H groups in total. The van der Waals surface area contributed by atoms with Crippen molar-refractivity contribution in [2.45, 2.75) is 50.3 Å². The van der Waals surface area contributed by atoms with Crippen molar-refractivity contribution >= 4 is 33.5 Å². The van der Waals surface area contributed by atoms with Crippen LogP contribution in [0.2, 0.25) is 5.02 Å². The lowest BCUT2D eigenvalue weighted by Crippen LogP contribution is -2.41. The molecule has 0 aliphatic carbocycles. The summed E-state index contributed by atoms with van der Waals surface area (Å²) in [5.74, 6) is -0.542. The minimum atomic E-state index is -3.81. The second kappa shape index (κ2) is 10.1. The van der Waals surface area contributed by atoms with Crippen LogP contribution in [-0.4, -0.2) is 62.3 Å². The van der Waals surface area contributed by atoms with Gasteiger partial charge in [0, 0.05) is 26.2 Å². The van der Waals surface area contributed by atoms with E-state index in [1.807, 2.05) is 0 Å². The highest BCUT2D eigenvalue weighted by Gasteiger charge is 2.29. The van der Waals surface area contributed by atoms with Crippen molar-refractivity contribution in [2.75, 3.05) is 32.8 Å². The summed E-state index contributed by atoms with van der Waals surface area (Å²) in [6.07, 6.45) is 5.62. The van der Waals surface area contributed by atoms with Crippen LogP contribution in [0.5, 0.6) is 0 Å². The highest BCUT2D eigenvalue weighted by atomic mass is 35.5. The first-order valence-electron chi connectivity index (χ1n) is 10.5. The Hall–Kier alpha value is -1.64. The van der Waals surface area contributed by atoms with Gasteiger partial charge in [-0.25, -0.2) is 13.2 Å². The number of rotatable bonds is 5. The summed E-state index contributed by atoms with van der Waals surface area (Å²) in [5, 5.41) is 0.0641. The first-order valence-corrected chi connectivity index (χ1v) is 12.4. The van der Waals surface area contributed by atoms with E-state index >= 15 is 0 Å². The molecule has 0 radical (unpaired) electrons. The lowest BCUT2D eigenvalue weighted by molar-refractivity contribution is -0.136. The molecule has 1 unspecified atom stereocenters. The van der Waals surface area contributed by atoms with Crippen LogP contribution in [0.3, 0.4) is 0 Å². The Morgan fingerprint density at radius 3 is 2.47 bits per heavy atom. The van der Waals surface area contributed by atoms with Crippen molar-refractivity contribution in [1.82, 2.24) is 9.21 Å². The number of sulfonamides is 1. The summed E-state index contributed by atoms with van der Waals surface area (Å²) in [4.78, 5) is 26.4. The van der Waals surface area contributed by atoms with Gasteiger partial charge in [0.25, 0.3) is 5.91 Å². The molecule has 2 aliphatic heterocycles. The molecule has 2 aliphatic rings. The number of ether oxygens (including phenoxy) is 1. The minimum absolute atomic E-state index is 0.0626. The number of likely N-dealkylation sites (tertiary alicyclic amines) is 1. The third-order valence-electron chi connectivity index (χ3n) is 5.69. The van der Waals surface area contributed by atoms with Gasteiger partial charge in [0.2, 0.25) is 10.0 Å². The second-order valence-corrected chi connectivity index (χ2v) is 10.4. The van der Waals surface area contributed by atoms with Gasteiger partial charge < -0.3 is 9.64 Å². The molecule has 2 fully saturated rings. The third-order valence-corrected chi connectivity index (χ3v) is 8.07. The van der Waals surface area contributed by atoms with Crippen molar-refractivity contribution in [3.05, 3.63) is 28.8 Å². The van der Waals surface area contributed by atoms with Crippen molar-refractivity contribution in [3.8, 4) is 0 Å². The van der Waals surface area contributed by atoms with Gasteiger partial charge in [-0.1, -0.05) is 31.4 Å². The van der Waals surface area contributed by atoms with Crippen LogP contribution in [0, 0.1) is 5.92 Å². The number of carbonyl (C=O) groups is 2. The molecule has 1 amide bonds. The van der Waals surface area contributed by atoms with E-state index in [1.54, 1.807) is 4.90 Å². The van der Waals surface area contributed by atoms with E-state index in [1.165, 1.54) is 22.5 Å². The number of hydrogen-bond donors (Lipinski definition) is 0. The number of hydrogen-bond acceptors (Lipinski definition) is 5. The quantitative estimate of drug-likeness (QED) is 0.634. The molecule has 30 heavy (non-hydrogen) atoms. The average Bonchev–Trinajstić information content (AvgIpc) is 3.02. The molecule has 1 aromatic rings. The predicted molar refractivity (Wildman–Crippen MR) is 114 cm³/mol. The topological polar surface area (TPSA) is 84.0 Å². The molecule has 1 aromatic carbocycles. The largest absolute Gasteiger partial charge is 0.452 e. The van der Waals surface area contributed by atoms with Crippen LogP contribution < -0.4 is 0 Å². The molecule has 9 heteroatoms. The van der Waals surface area contributed by atoms with E-state index in [-0.39, 0.29) is 28.0 Å². The van der Waals surface area contributed by atoms with Crippen LogP contribution in [-0.2, 0) is 19.6 Å². The Labute approximate surface area is 183 Å². The number of piperidine rings is 1. The first-order chi connectivity index (χ1) is 14.3. The average molecular weight is 457 g/mol. The highest BCUT2D eigenvalue weighted by Crippen LogP contribution is 2.28. The van der Waals surface area contributed by atoms with Gasteiger partial charge in [-0.3, -0.25) is 4.79 Å². The maximum Gasteiger partial charge on any atom is 0.338 e. The lowest BCUT2D eigenvalue weighted by Gasteiger charge is -2.30. The second-order valence-electron chi connectivity index (χ2n) is 8.13. The third kappa shape index (κ3) is 5.53. The highest BCUT2D eigenvalue weighted by molar-refractivity contribution is 7.89. The monoisotopic (exact) mass is 456 g/mol. The molecule has 1 atom stereocenters. The van der Waals surface area contributed by atoms with Crippen LogP contribution >= 0.6 is 11.6 Å². The molecule has 0 bridgehead atoms. The van der Waals surface area contributed by atoms with Crippen LogP contribution in [0.15, 0.2) is 23.1 Å². The van der Waals surface area contributed by atoms with E-state index < -0.39 is 16.0 Å². The number of benzene rings is 1. The summed E-state index contributed by atoms with van der Waals surface area (Å²) < 4.78 is 32.7. The molecule has 2 heterocycles. The summed E-state index contributed by atoms with van der Waals surface area (Å²) >= 11 is 6.17. The first kappa shape index (κ1) is 23.0. The standard InChI is InChI=1S/C21H29ClN2O5S/c1-16-7-6-10-23(14-16)20(25)15-29-21(26)17-8-9-18(22)19(13-17)30(27,28)24-11-4-2-3-5-12-24/h8-9,13,16H,2-7,10-12,14-15H2,1H3. The van der Waals surface area contributed by atoms with Crippen LogP contribution in [0.4, 0.5) is 0 Å². The molecule has 0 saturated carbocycles. The Morgan fingerprint density at radius 2 is 1.80 bits per heavy atom. The van der Waals surface area contributed by atoms with E-state index in [0.717, 1.165) is 38.5 Å². The van der Waals surface area contributed by atoms with E-state index in [2.05, 4.69) is 6.92 Å². The number of nitrogens with zero attached hydrogens (tertiary/aromatic N) is 2. The van der Waals surface area contributed by atoms with Gasteiger partial charge in [0.05, 0.1) is 10.6 Å². The summed E-state index contributed by atoms with van der Waals surface area (Å²) in [7, 11) is -3.81. The number of amides is 1. The Morgan fingerprint density at radius 1 is 1.10 bits per heavy atom. The number of halogens is 1. The zero-order valence-electron chi connectivity index (χ0n) is 17.3. The van der Waals surface area contributed by atoms with Gasteiger partial charge in [0.1, 0.15) is 4.90 Å². The summed E-state index contributed by atoms with van der Waals surface area (Å²) in [6.45, 7) is 3.94. The van der Waals surface area contributed by atoms with Gasteiger partial charge >= 0.3 is 5.97 Å². The summed E-state index contributed by atoms with van der Waals surface area (Å²) in [5.41, 5.74) is 0.0626. The fraction of sp³-hybridized carbons (Fsp3) is 0.619. The molecule has 3 rings (SSSR count). The van der Waals surface area contributed by atoms with Gasteiger partial charge in [0.15, 0.2) is 6.61 Å². The zero-order valence-corrected chi connectivity index (χ0v) is 18.9. The van der Waals surface area contributed by atoms with Crippen LogP contribution in [0.1, 0.15) is 55.8 Å². The van der Waals surface area contributed by atoms with E-state index in [4.69, 9.17) is 16.3 Å². The van der Waals surface area contributed by atoms with Crippen molar-refractivity contribution in [2.24, 2.45) is 5.92 Å². The molecule has 0 aromatic heterocycles. The summed E-state index contributed by atoms with van der Waals surface area (Å²) in [6, 6.07) is 4.05. The molecule has 0 spiro atoms. The number of esters is 1. The minimum Gasteiger partial charge on any atom is -0.452 e. The van der Waals surface area contributed by atoms with E-state index in [9.17, 15) is 18.0 Å². The Kier molecular flexibility index (Phi) is 7.76. The molecular formula is C21H29ClN2O5S. The van der Waals surface area contributed by atoms with Crippen LogP contribution in [0.25, 0.3) is 0 Å². The fourth-order valence-corrected chi connectivity index (χ4v) is 5.98. The smallest absolute Gasteiger partial charge is 0.338 e. The Balaban J connectivity index is 1.69. The zero-order chi connectivity index (χ0) is 21.7. The van der Waals surface area contributed by atoms with Gasteiger partial charge in [-0.15, -0.1) is 0 Å². The SMILES string of the molecule is CC1CCCN(C(=O)COC(=O)c2ccc(Cl)c(S(=O)(=O)N3CCCCCC3)c2)C1. The molecule has 166 valence electrons. The van der Waals surface area contributed by atoms with E-state index in [0.29, 0.717) is 32.1 Å². The van der Waals surface area contributed by atoms with Crippen molar-refractivity contribution in [3.63, 3.8) is 0 Å². The normalized spacial score (nSPS) is 21.1. The maximum atomic E-state index is 13.1. The van der Waals surface area contributed by atoms with Crippen molar-refractivity contribution in [1.29, 1.82) is 0 Å². The molecular weight excluding hydrogens is 428 g/mol.